The zero-order valence-electron chi connectivity index (χ0n) is 13.9. The smallest absolute Gasteiger partial charge is 0.243 e. The molecule has 3 nitrogen and oxygen atoms in total. The topological polar surface area (TPSA) is 41.5 Å². The minimum absolute atomic E-state index is 0.170. The van der Waals surface area contributed by atoms with E-state index in [4.69, 9.17) is 0 Å². The maximum absolute atomic E-state index is 12.3. The summed E-state index contributed by atoms with van der Waals surface area (Å²) in [4.78, 5) is 12.3. The van der Waals surface area contributed by atoms with Crippen LogP contribution in [-0.2, 0) is 4.79 Å². The third-order valence-electron chi connectivity index (χ3n) is 7.12. The van der Waals surface area contributed by atoms with Crippen LogP contribution in [0.15, 0.2) is 5.10 Å². The largest absolute Gasteiger partial charge is 0.273 e. The van der Waals surface area contributed by atoms with Gasteiger partial charge in [0.15, 0.2) is 0 Å². The molecule has 1 amide bonds. The Morgan fingerprint density at radius 2 is 1.50 bits per heavy atom. The first-order valence-electron chi connectivity index (χ1n) is 9.49. The number of carbonyl (C=O) groups is 1. The van der Waals surface area contributed by atoms with E-state index in [1.54, 1.807) is 0 Å². The van der Waals surface area contributed by atoms with Crippen LogP contribution in [0.2, 0.25) is 0 Å². The van der Waals surface area contributed by atoms with Gasteiger partial charge in [-0.15, -0.1) is 0 Å². The number of carbonyl (C=O) groups excluding carboxylic acids is 1. The number of hydrogen-bond donors (Lipinski definition) is 1. The number of nitrogens with zero attached hydrogens (tertiary/aromatic N) is 1. The normalized spacial score (nSPS) is 41.7. The Morgan fingerprint density at radius 3 is 2.05 bits per heavy atom. The fourth-order valence-electron chi connectivity index (χ4n) is 6.27. The van der Waals surface area contributed by atoms with Gasteiger partial charge in [-0.3, -0.25) is 4.79 Å². The highest BCUT2D eigenvalue weighted by molar-refractivity contribution is 5.90. The molecular weight excluding hydrogens is 272 g/mol. The average molecular weight is 302 g/mol. The molecule has 5 rings (SSSR count). The predicted molar refractivity (Wildman–Crippen MR) is 88.4 cm³/mol. The summed E-state index contributed by atoms with van der Waals surface area (Å²) in [6.07, 6.45) is 14.2. The van der Waals surface area contributed by atoms with E-state index in [9.17, 15) is 4.79 Å². The van der Waals surface area contributed by atoms with Crippen molar-refractivity contribution >= 4 is 11.6 Å². The Hall–Kier alpha value is -0.860. The standard InChI is InChI=1S/C19H30N2O/c1-13(20-21-18(22)17-5-3-2-4-6-17)19-10-14-7-15(11-19)9-16(8-14)12-19/h14-17H,2-12H2,1H3,(H,21,22). The van der Waals surface area contributed by atoms with Crippen LogP contribution in [0.3, 0.4) is 0 Å². The molecule has 0 aromatic heterocycles. The van der Waals surface area contributed by atoms with Crippen molar-refractivity contribution in [3.05, 3.63) is 0 Å². The Kier molecular flexibility index (Phi) is 3.78. The molecule has 0 aromatic rings. The molecule has 5 aliphatic carbocycles. The van der Waals surface area contributed by atoms with Gasteiger partial charge in [-0.25, -0.2) is 5.43 Å². The quantitative estimate of drug-likeness (QED) is 0.613. The second-order valence-corrected chi connectivity index (χ2v) is 8.71. The molecule has 22 heavy (non-hydrogen) atoms. The lowest BCUT2D eigenvalue weighted by Crippen LogP contribution is -2.49. The van der Waals surface area contributed by atoms with Gasteiger partial charge in [0.05, 0.1) is 0 Å². The number of hydrogen-bond acceptors (Lipinski definition) is 2. The summed E-state index contributed by atoms with van der Waals surface area (Å²) >= 11 is 0. The zero-order chi connectivity index (χ0) is 15.2. The van der Waals surface area contributed by atoms with Gasteiger partial charge in [-0.1, -0.05) is 19.3 Å². The molecule has 0 saturated heterocycles. The van der Waals surface area contributed by atoms with Crippen molar-refractivity contribution in [2.45, 2.75) is 77.6 Å². The van der Waals surface area contributed by atoms with E-state index in [-0.39, 0.29) is 11.8 Å². The summed E-state index contributed by atoms with van der Waals surface area (Å²) in [7, 11) is 0. The van der Waals surface area contributed by atoms with Crippen LogP contribution in [0, 0.1) is 29.1 Å². The Balaban J connectivity index is 1.42. The van der Waals surface area contributed by atoms with Crippen molar-refractivity contribution in [3.63, 3.8) is 0 Å². The van der Waals surface area contributed by atoms with Gasteiger partial charge in [0.2, 0.25) is 5.91 Å². The second-order valence-electron chi connectivity index (χ2n) is 8.71. The first kappa shape index (κ1) is 14.7. The van der Waals surface area contributed by atoms with Gasteiger partial charge >= 0.3 is 0 Å². The van der Waals surface area contributed by atoms with Crippen LogP contribution in [0.4, 0.5) is 0 Å². The van der Waals surface area contributed by atoms with Crippen molar-refractivity contribution in [1.82, 2.24) is 5.43 Å². The van der Waals surface area contributed by atoms with Gasteiger partial charge in [0.1, 0.15) is 0 Å². The highest BCUT2D eigenvalue weighted by atomic mass is 16.2. The van der Waals surface area contributed by atoms with Crippen LogP contribution in [-0.4, -0.2) is 11.6 Å². The van der Waals surface area contributed by atoms with E-state index in [1.807, 2.05) is 0 Å². The minimum Gasteiger partial charge on any atom is -0.273 e. The van der Waals surface area contributed by atoms with Crippen molar-refractivity contribution in [3.8, 4) is 0 Å². The van der Waals surface area contributed by atoms with Crippen LogP contribution in [0.25, 0.3) is 0 Å². The summed E-state index contributed by atoms with van der Waals surface area (Å²) in [6.45, 7) is 2.17. The molecule has 0 aliphatic heterocycles. The van der Waals surface area contributed by atoms with Gasteiger partial charge < -0.3 is 0 Å². The molecule has 5 saturated carbocycles. The Labute approximate surface area is 134 Å². The van der Waals surface area contributed by atoms with Gasteiger partial charge in [0, 0.05) is 17.0 Å². The third-order valence-corrected chi connectivity index (χ3v) is 7.12. The summed E-state index contributed by atoms with van der Waals surface area (Å²) in [5.74, 6) is 3.19. The Morgan fingerprint density at radius 1 is 0.955 bits per heavy atom. The number of amides is 1. The van der Waals surface area contributed by atoms with E-state index < -0.39 is 0 Å². The molecule has 5 aliphatic rings. The molecule has 4 bridgehead atoms. The second kappa shape index (κ2) is 5.65. The minimum atomic E-state index is 0.170. The lowest BCUT2D eigenvalue weighted by molar-refractivity contribution is -0.125. The summed E-state index contributed by atoms with van der Waals surface area (Å²) in [6, 6.07) is 0. The summed E-state index contributed by atoms with van der Waals surface area (Å²) in [5.41, 5.74) is 4.47. The first-order chi connectivity index (χ1) is 10.6. The van der Waals surface area contributed by atoms with E-state index in [0.29, 0.717) is 5.41 Å². The zero-order valence-corrected chi connectivity index (χ0v) is 13.9. The average Bonchev–Trinajstić information content (AvgIpc) is 2.51. The summed E-state index contributed by atoms with van der Waals surface area (Å²) in [5, 5.41) is 4.61. The van der Waals surface area contributed by atoms with Gasteiger partial charge in [-0.05, 0) is 76.0 Å². The maximum atomic E-state index is 12.3. The van der Waals surface area contributed by atoms with Gasteiger partial charge in [0.25, 0.3) is 0 Å². The molecular formula is C19H30N2O. The lowest BCUT2D eigenvalue weighted by Gasteiger charge is -2.56. The first-order valence-corrected chi connectivity index (χ1v) is 9.49. The monoisotopic (exact) mass is 302 g/mol. The molecule has 0 spiro atoms. The SMILES string of the molecule is CC(=NNC(=O)C1CCCCC1)C12CC3CC(CC(C3)C1)C2. The van der Waals surface area contributed by atoms with E-state index in [1.165, 1.54) is 63.5 Å². The molecule has 0 heterocycles. The number of nitrogens with one attached hydrogen (secondary N) is 1. The van der Waals surface area contributed by atoms with Crippen molar-refractivity contribution < 1.29 is 4.79 Å². The molecule has 0 aromatic carbocycles. The highest BCUT2D eigenvalue weighted by Gasteiger charge is 2.52. The van der Waals surface area contributed by atoms with Gasteiger partial charge in [-0.2, -0.15) is 5.10 Å². The highest BCUT2D eigenvalue weighted by Crippen LogP contribution is 2.60. The van der Waals surface area contributed by atoms with E-state index in [2.05, 4.69) is 17.5 Å². The summed E-state index contributed by atoms with van der Waals surface area (Å²) < 4.78 is 0. The predicted octanol–water partition coefficient (Wildman–Crippen LogP) is 4.28. The molecule has 0 unspecified atom stereocenters. The molecule has 0 radical (unpaired) electrons. The van der Waals surface area contributed by atoms with Crippen LogP contribution >= 0.6 is 0 Å². The van der Waals surface area contributed by atoms with Crippen LogP contribution in [0.1, 0.15) is 77.6 Å². The van der Waals surface area contributed by atoms with Crippen molar-refractivity contribution in [1.29, 1.82) is 0 Å². The molecule has 1 N–H and O–H groups in total. The fourth-order valence-corrected chi connectivity index (χ4v) is 6.27. The number of rotatable bonds is 3. The molecule has 5 fully saturated rings. The van der Waals surface area contributed by atoms with Crippen LogP contribution in [0.5, 0.6) is 0 Å². The van der Waals surface area contributed by atoms with Crippen LogP contribution < -0.4 is 5.43 Å². The molecule has 122 valence electrons. The van der Waals surface area contributed by atoms with Crippen molar-refractivity contribution in [2.75, 3.05) is 0 Å². The Bertz CT molecular complexity index is 441. The van der Waals surface area contributed by atoms with E-state index in [0.717, 1.165) is 30.6 Å². The lowest BCUT2D eigenvalue weighted by atomic mass is 9.48. The molecule has 0 atom stereocenters. The van der Waals surface area contributed by atoms with Crippen molar-refractivity contribution in [2.24, 2.45) is 34.2 Å². The van der Waals surface area contributed by atoms with E-state index >= 15 is 0 Å². The molecule has 3 heteroatoms. The maximum Gasteiger partial charge on any atom is 0.243 e. The third kappa shape index (κ3) is 2.61. The number of hydrazone groups is 1. The fraction of sp³-hybridized carbons (Fsp3) is 0.895.